The molecule has 2 rings (SSSR count). The van der Waals surface area contributed by atoms with Crippen LogP contribution in [0.15, 0.2) is 26.0 Å². The van der Waals surface area contributed by atoms with E-state index in [0.29, 0.717) is 27.1 Å². The Morgan fingerprint density at radius 2 is 1.80 bits per heavy atom. The Morgan fingerprint density at radius 1 is 1.25 bits per heavy atom. The number of halogens is 2. The lowest BCUT2D eigenvalue weighted by Crippen LogP contribution is -2.46. The van der Waals surface area contributed by atoms with E-state index in [1.54, 1.807) is 16.4 Å². The number of hydrogen-bond donors (Lipinski definition) is 1. The van der Waals surface area contributed by atoms with Gasteiger partial charge < -0.3 is 5.73 Å². The summed E-state index contributed by atoms with van der Waals surface area (Å²) in [4.78, 5) is 0.257. The zero-order chi connectivity index (χ0) is 15.1. The first-order chi connectivity index (χ1) is 9.25. The number of rotatable bonds is 2. The zero-order valence-electron chi connectivity index (χ0n) is 11.4. The van der Waals surface area contributed by atoms with Crippen molar-refractivity contribution >= 4 is 47.6 Å². The van der Waals surface area contributed by atoms with Gasteiger partial charge in [0.05, 0.1) is 0 Å². The quantitative estimate of drug-likeness (QED) is 0.736. The number of nitrogens with two attached hydrogens (primary N) is 1. The number of nitrogen functional groups attached to an aromatic ring is 1. The molecular formula is C13H18Br2N2O2S. The van der Waals surface area contributed by atoms with E-state index >= 15 is 0 Å². The summed E-state index contributed by atoms with van der Waals surface area (Å²) in [6, 6.07) is 3.25. The second-order valence-electron chi connectivity index (χ2n) is 5.29. The minimum absolute atomic E-state index is 0.00473. The molecule has 2 atom stereocenters. The van der Waals surface area contributed by atoms with E-state index < -0.39 is 10.0 Å². The number of hydrogen-bond acceptors (Lipinski definition) is 3. The summed E-state index contributed by atoms with van der Waals surface area (Å²) in [5.74, 6) is 0.366. The van der Waals surface area contributed by atoms with Crippen LogP contribution in [0.2, 0.25) is 0 Å². The molecule has 1 aromatic carbocycles. The summed E-state index contributed by atoms with van der Waals surface area (Å²) in [5, 5.41) is 0. The summed E-state index contributed by atoms with van der Waals surface area (Å²) in [5.41, 5.74) is 6.25. The van der Waals surface area contributed by atoms with Crippen molar-refractivity contribution in [2.24, 2.45) is 5.92 Å². The van der Waals surface area contributed by atoms with Crippen molar-refractivity contribution in [3.8, 4) is 0 Å². The first-order valence-corrected chi connectivity index (χ1v) is 9.54. The molecule has 0 saturated carbocycles. The normalized spacial score (nSPS) is 24.8. The van der Waals surface area contributed by atoms with Crippen LogP contribution in [0.3, 0.4) is 0 Å². The van der Waals surface area contributed by atoms with Crippen molar-refractivity contribution < 1.29 is 8.42 Å². The van der Waals surface area contributed by atoms with E-state index in [9.17, 15) is 8.42 Å². The van der Waals surface area contributed by atoms with Crippen molar-refractivity contribution in [3.05, 3.63) is 21.1 Å². The molecule has 7 heteroatoms. The molecule has 1 saturated heterocycles. The van der Waals surface area contributed by atoms with Crippen molar-refractivity contribution in [3.63, 3.8) is 0 Å². The van der Waals surface area contributed by atoms with E-state index in [0.717, 1.165) is 12.8 Å². The van der Waals surface area contributed by atoms with Crippen LogP contribution in [0.1, 0.15) is 26.7 Å². The van der Waals surface area contributed by atoms with Crippen LogP contribution in [-0.4, -0.2) is 25.3 Å². The number of sulfonamides is 1. The number of benzene rings is 1. The maximum Gasteiger partial charge on any atom is 0.245 e. The number of piperidine rings is 1. The summed E-state index contributed by atoms with van der Waals surface area (Å²) >= 11 is 6.64. The smallest absolute Gasteiger partial charge is 0.245 e. The van der Waals surface area contributed by atoms with Crippen LogP contribution in [0.25, 0.3) is 0 Å². The molecule has 0 radical (unpaired) electrons. The van der Waals surface area contributed by atoms with Gasteiger partial charge in [0.1, 0.15) is 4.90 Å². The lowest BCUT2D eigenvalue weighted by molar-refractivity contribution is 0.202. The molecule has 0 bridgehead atoms. The molecule has 112 valence electrons. The summed E-state index contributed by atoms with van der Waals surface area (Å²) in [7, 11) is -3.54. The molecule has 0 amide bonds. The van der Waals surface area contributed by atoms with Gasteiger partial charge in [-0.05, 0) is 69.7 Å². The maximum absolute atomic E-state index is 12.9. The van der Waals surface area contributed by atoms with Crippen LogP contribution in [0, 0.1) is 5.92 Å². The molecule has 2 unspecified atom stereocenters. The molecule has 1 aliphatic rings. The fraction of sp³-hybridized carbons (Fsp3) is 0.538. The third-order valence-electron chi connectivity index (χ3n) is 3.90. The molecule has 20 heavy (non-hydrogen) atoms. The molecular weight excluding hydrogens is 408 g/mol. The van der Waals surface area contributed by atoms with E-state index in [2.05, 4.69) is 38.8 Å². The predicted molar refractivity (Wildman–Crippen MR) is 88.0 cm³/mol. The van der Waals surface area contributed by atoms with Crippen molar-refractivity contribution in [2.45, 2.75) is 37.6 Å². The summed E-state index contributed by atoms with van der Waals surface area (Å²) in [6.07, 6.45) is 1.96. The highest BCUT2D eigenvalue weighted by Gasteiger charge is 2.36. The van der Waals surface area contributed by atoms with Gasteiger partial charge in [0.15, 0.2) is 0 Å². The summed E-state index contributed by atoms with van der Waals surface area (Å²) < 4.78 is 28.4. The Balaban J connectivity index is 2.50. The highest BCUT2D eigenvalue weighted by Crippen LogP contribution is 2.37. The molecule has 1 aromatic rings. The van der Waals surface area contributed by atoms with Gasteiger partial charge in [-0.25, -0.2) is 8.42 Å². The van der Waals surface area contributed by atoms with Crippen LogP contribution in [0.5, 0.6) is 0 Å². The second-order valence-corrected chi connectivity index (χ2v) is 8.83. The summed E-state index contributed by atoms with van der Waals surface area (Å²) in [6.45, 7) is 4.64. The maximum atomic E-state index is 12.9. The number of anilines is 1. The van der Waals surface area contributed by atoms with E-state index in [4.69, 9.17) is 5.73 Å². The van der Waals surface area contributed by atoms with Crippen molar-refractivity contribution in [1.29, 1.82) is 0 Å². The van der Waals surface area contributed by atoms with Crippen LogP contribution in [-0.2, 0) is 10.0 Å². The molecule has 4 nitrogen and oxygen atoms in total. The van der Waals surface area contributed by atoms with Crippen LogP contribution in [0.4, 0.5) is 5.69 Å². The van der Waals surface area contributed by atoms with E-state index in [-0.39, 0.29) is 10.9 Å². The average molecular weight is 426 g/mol. The SMILES string of the molecule is CC1CCCN(S(=O)(=O)c2c(Br)cc(N)cc2Br)C1C. The lowest BCUT2D eigenvalue weighted by atomic mass is 9.94. The van der Waals surface area contributed by atoms with Gasteiger partial charge in [-0.1, -0.05) is 6.92 Å². The largest absolute Gasteiger partial charge is 0.399 e. The number of nitrogens with zero attached hydrogens (tertiary/aromatic N) is 1. The Kier molecular flexibility index (Phi) is 4.83. The van der Waals surface area contributed by atoms with Gasteiger partial charge in [-0.15, -0.1) is 0 Å². The Morgan fingerprint density at radius 3 is 2.35 bits per heavy atom. The Labute approximate surface area is 137 Å². The highest BCUT2D eigenvalue weighted by atomic mass is 79.9. The lowest BCUT2D eigenvalue weighted by Gasteiger charge is -2.37. The van der Waals surface area contributed by atoms with E-state index in [1.165, 1.54) is 0 Å². The third-order valence-corrected chi connectivity index (χ3v) is 7.77. The molecule has 0 spiro atoms. The molecule has 0 aromatic heterocycles. The molecule has 0 aliphatic carbocycles. The molecule has 1 fully saturated rings. The van der Waals surface area contributed by atoms with Gasteiger partial charge in [-0.2, -0.15) is 4.31 Å². The fourth-order valence-corrected chi connectivity index (χ4v) is 6.89. The molecule has 1 heterocycles. The minimum atomic E-state index is -3.54. The van der Waals surface area contributed by atoms with E-state index in [1.807, 2.05) is 6.92 Å². The minimum Gasteiger partial charge on any atom is -0.399 e. The van der Waals surface area contributed by atoms with Crippen LogP contribution < -0.4 is 5.73 Å². The molecule has 2 N–H and O–H groups in total. The first kappa shape index (κ1) is 16.3. The second kappa shape index (κ2) is 5.94. The standard InChI is InChI=1S/C13H18Br2N2O2S/c1-8-4-3-5-17(9(8)2)20(18,19)13-11(14)6-10(16)7-12(13)15/h6-9H,3-5,16H2,1-2H3. The van der Waals surface area contributed by atoms with Gasteiger partial charge >= 0.3 is 0 Å². The van der Waals surface area contributed by atoms with Gasteiger partial charge in [-0.3, -0.25) is 0 Å². The van der Waals surface area contributed by atoms with Gasteiger partial charge in [0.2, 0.25) is 10.0 Å². The topological polar surface area (TPSA) is 63.4 Å². The van der Waals surface area contributed by atoms with Gasteiger partial charge in [0.25, 0.3) is 0 Å². The van der Waals surface area contributed by atoms with Crippen molar-refractivity contribution in [2.75, 3.05) is 12.3 Å². The first-order valence-electron chi connectivity index (χ1n) is 6.51. The zero-order valence-corrected chi connectivity index (χ0v) is 15.4. The highest BCUT2D eigenvalue weighted by molar-refractivity contribution is 9.11. The average Bonchev–Trinajstić information content (AvgIpc) is 2.30. The monoisotopic (exact) mass is 424 g/mol. The third kappa shape index (κ3) is 2.91. The van der Waals surface area contributed by atoms with Crippen molar-refractivity contribution in [1.82, 2.24) is 4.31 Å². The Bertz CT molecular complexity index is 596. The molecule has 1 aliphatic heterocycles. The fourth-order valence-electron chi connectivity index (χ4n) is 2.58. The predicted octanol–water partition coefficient (Wildman–Crippen LogP) is 3.60. The van der Waals surface area contributed by atoms with Crippen LogP contribution >= 0.6 is 31.9 Å². The Hall–Kier alpha value is -0.110. The van der Waals surface area contributed by atoms with Gasteiger partial charge in [0, 0.05) is 27.2 Å².